The van der Waals surface area contributed by atoms with E-state index in [0.29, 0.717) is 0 Å². The molecule has 1 fully saturated rings. The number of ether oxygens (including phenoxy) is 1. The molecule has 1 aliphatic heterocycles. The number of allylic oxidation sites excluding steroid dienone is 2. The molecule has 0 radical (unpaired) electrons. The van der Waals surface area contributed by atoms with Gasteiger partial charge < -0.3 is 4.74 Å². The molecule has 1 unspecified atom stereocenters. The first kappa shape index (κ1) is 9.38. The van der Waals surface area contributed by atoms with Gasteiger partial charge in [-0.3, -0.25) is 0 Å². The van der Waals surface area contributed by atoms with Crippen molar-refractivity contribution in [3.63, 3.8) is 0 Å². The summed E-state index contributed by atoms with van der Waals surface area (Å²) >= 11 is 0. The average Bonchev–Trinajstić information content (AvgIpc) is 2.31. The molecule has 0 aromatic heterocycles. The molecule has 0 N–H and O–H groups in total. The first-order valence-corrected chi connectivity index (χ1v) is 4.91. The van der Waals surface area contributed by atoms with Crippen LogP contribution < -0.4 is 0 Å². The van der Waals surface area contributed by atoms with Crippen LogP contribution in [0.3, 0.4) is 0 Å². The number of morpholine rings is 1. The molecule has 0 bridgehead atoms. The van der Waals surface area contributed by atoms with E-state index in [-0.39, 0.29) is 0 Å². The quantitative estimate of drug-likeness (QED) is 0.589. The minimum Gasteiger partial charge on any atom is -0.379 e. The van der Waals surface area contributed by atoms with Gasteiger partial charge in [-0.1, -0.05) is 18.2 Å². The second-order valence-electron chi connectivity index (χ2n) is 3.57. The van der Waals surface area contributed by atoms with E-state index in [0.717, 1.165) is 32.7 Å². The Morgan fingerprint density at radius 3 is 2.64 bits per heavy atom. The molecular weight excluding hydrogens is 178 g/mol. The molecule has 0 aromatic rings. The molecule has 14 heavy (non-hydrogen) atoms. The molecule has 0 spiro atoms. The van der Waals surface area contributed by atoms with Crippen molar-refractivity contribution < 1.29 is 4.74 Å². The average molecular weight is 192 g/mol. The van der Waals surface area contributed by atoms with Crippen molar-refractivity contribution >= 4 is 0 Å². The maximum absolute atomic E-state index is 9.15. The molecule has 4 nitrogen and oxygen atoms in total. The zero-order valence-corrected chi connectivity index (χ0v) is 8.09. The van der Waals surface area contributed by atoms with Crippen LogP contribution in [0.25, 0.3) is 4.98 Å². The SMILES string of the molecule is N#[N+]C1(N2CCOCC2)C=CC=CC1. The summed E-state index contributed by atoms with van der Waals surface area (Å²) in [6, 6.07) is 0. The minimum atomic E-state index is -0.543. The van der Waals surface area contributed by atoms with Crippen LogP contribution in [0.15, 0.2) is 24.3 Å². The molecule has 2 aliphatic rings. The standard InChI is InChI=1S/C10H14N3O/c11-12-10(4-2-1-3-5-10)13-6-8-14-9-7-13/h1-4H,5-9H2/q+1. The van der Waals surface area contributed by atoms with Gasteiger partial charge in [-0.25, -0.2) is 4.90 Å². The normalized spacial score (nSPS) is 32.8. The number of diazo groups is 1. The Morgan fingerprint density at radius 1 is 1.29 bits per heavy atom. The topological polar surface area (TPSA) is 40.6 Å². The summed E-state index contributed by atoms with van der Waals surface area (Å²) in [6.45, 7) is 3.08. The largest absolute Gasteiger partial charge is 0.402 e. The van der Waals surface area contributed by atoms with Gasteiger partial charge >= 0.3 is 5.66 Å². The van der Waals surface area contributed by atoms with Crippen molar-refractivity contribution in [3.05, 3.63) is 29.3 Å². The van der Waals surface area contributed by atoms with Crippen molar-refractivity contribution in [1.82, 2.24) is 4.90 Å². The third-order valence-electron chi connectivity index (χ3n) is 2.76. The van der Waals surface area contributed by atoms with E-state index in [1.807, 2.05) is 24.3 Å². The lowest BCUT2D eigenvalue weighted by Gasteiger charge is -2.30. The number of nitrogens with zero attached hydrogens (tertiary/aromatic N) is 3. The fourth-order valence-electron chi connectivity index (χ4n) is 1.92. The van der Waals surface area contributed by atoms with Crippen molar-refractivity contribution in [1.29, 1.82) is 5.39 Å². The molecule has 0 saturated carbocycles. The maximum Gasteiger partial charge on any atom is 0.402 e. The minimum absolute atomic E-state index is 0.543. The second-order valence-corrected chi connectivity index (χ2v) is 3.57. The van der Waals surface area contributed by atoms with Crippen molar-refractivity contribution in [2.45, 2.75) is 12.1 Å². The fraction of sp³-hybridized carbons (Fsp3) is 0.600. The first-order chi connectivity index (χ1) is 6.87. The van der Waals surface area contributed by atoms with Gasteiger partial charge in [0, 0.05) is 19.2 Å². The van der Waals surface area contributed by atoms with Crippen LogP contribution in [0.1, 0.15) is 6.42 Å². The van der Waals surface area contributed by atoms with Crippen LogP contribution >= 0.6 is 0 Å². The molecule has 1 heterocycles. The molecule has 0 aromatic carbocycles. The van der Waals surface area contributed by atoms with E-state index in [1.54, 1.807) is 0 Å². The monoisotopic (exact) mass is 192 g/mol. The molecule has 1 atom stereocenters. The maximum atomic E-state index is 9.15. The zero-order chi connectivity index (χ0) is 9.86. The summed E-state index contributed by atoms with van der Waals surface area (Å²) in [4.78, 5) is 5.68. The third kappa shape index (κ3) is 1.57. The van der Waals surface area contributed by atoms with E-state index in [1.165, 1.54) is 0 Å². The molecule has 2 rings (SSSR count). The van der Waals surface area contributed by atoms with Crippen LogP contribution in [-0.2, 0) is 4.74 Å². The van der Waals surface area contributed by atoms with Gasteiger partial charge in [0.05, 0.1) is 19.6 Å². The van der Waals surface area contributed by atoms with Gasteiger partial charge in [-0.2, -0.15) is 0 Å². The highest BCUT2D eigenvalue weighted by Crippen LogP contribution is 2.27. The van der Waals surface area contributed by atoms with Crippen LogP contribution in [0, 0.1) is 5.39 Å². The first-order valence-electron chi connectivity index (χ1n) is 4.91. The van der Waals surface area contributed by atoms with E-state index in [4.69, 9.17) is 10.1 Å². The van der Waals surface area contributed by atoms with Crippen LogP contribution in [0.5, 0.6) is 0 Å². The number of hydrogen-bond acceptors (Lipinski definition) is 3. The second kappa shape index (κ2) is 3.91. The molecule has 74 valence electrons. The lowest BCUT2D eigenvalue weighted by Crippen LogP contribution is -2.50. The van der Waals surface area contributed by atoms with E-state index >= 15 is 0 Å². The Balaban J connectivity index is 2.15. The summed E-state index contributed by atoms with van der Waals surface area (Å²) in [6.07, 6.45) is 8.61. The van der Waals surface area contributed by atoms with Crippen molar-refractivity contribution in [2.75, 3.05) is 26.3 Å². The van der Waals surface area contributed by atoms with Crippen molar-refractivity contribution in [2.24, 2.45) is 0 Å². The highest BCUT2D eigenvalue weighted by molar-refractivity contribution is 5.24. The van der Waals surface area contributed by atoms with Crippen LogP contribution in [-0.4, -0.2) is 36.9 Å². The predicted octanol–water partition coefficient (Wildman–Crippen LogP) is 1.38. The van der Waals surface area contributed by atoms with Gasteiger partial charge in [0.1, 0.15) is 4.98 Å². The zero-order valence-electron chi connectivity index (χ0n) is 8.09. The molecule has 0 amide bonds. The Bertz CT molecular complexity index is 299. The van der Waals surface area contributed by atoms with Gasteiger partial charge in [-0.15, -0.1) is 0 Å². The smallest absolute Gasteiger partial charge is 0.379 e. The van der Waals surface area contributed by atoms with Gasteiger partial charge in [0.2, 0.25) is 5.39 Å². The summed E-state index contributed by atoms with van der Waals surface area (Å²) in [5, 5.41) is 9.15. The number of hydrogen-bond donors (Lipinski definition) is 0. The highest BCUT2D eigenvalue weighted by Gasteiger charge is 2.47. The Morgan fingerprint density at radius 2 is 2.07 bits per heavy atom. The molecule has 4 heteroatoms. The van der Waals surface area contributed by atoms with Gasteiger partial charge in [0.25, 0.3) is 0 Å². The van der Waals surface area contributed by atoms with E-state index in [9.17, 15) is 0 Å². The van der Waals surface area contributed by atoms with Gasteiger partial charge in [-0.05, 0) is 0 Å². The molecule has 1 saturated heterocycles. The lowest BCUT2D eigenvalue weighted by atomic mass is 9.99. The highest BCUT2D eigenvalue weighted by atomic mass is 16.5. The predicted molar refractivity (Wildman–Crippen MR) is 53.1 cm³/mol. The summed E-state index contributed by atoms with van der Waals surface area (Å²) in [5.41, 5.74) is -0.543. The summed E-state index contributed by atoms with van der Waals surface area (Å²) in [5.74, 6) is 0. The van der Waals surface area contributed by atoms with E-state index < -0.39 is 5.66 Å². The summed E-state index contributed by atoms with van der Waals surface area (Å²) < 4.78 is 5.27. The van der Waals surface area contributed by atoms with Crippen LogP contribution in [0.4, 0.5) is 0 Å². The molecular formula is C10H14N3O+. The third-order valence-corrected chi connectivity index (χ3v) is 2.76. The Kier molecular flexibility index (Phi) is 2.62. The van der Waals surface area contributed by atoms with Crippen LogP contribution in [0.2, 0.25) is 0 Å². The molecule has 1 aliphatic carbocycles. The van der Waals surface area contributed by atoms with E-state index in [2.05, 4.69) is 9.88 Å². The Hall–Kier alpha value is -1.18. The van der Waals surface area contributed by atoms with Crippen molar-refractivity contribution in [3.8, 4) is 0 Å². The Labute approximate surface area is 83.5 Å². The number of rotatable bonds is 1. The lowest BCUT2D eigenvalue weighted by molar-refractivity contribution is 0.00678. The van der Waals surface area contributed by atoms with Gasteiger partial charge in [0.15, 0.2) is 0 Å². The summed E-state index contributed by atoms with van der Waals surface area (Å²) in [7, 11) is 0. The fourth-order valence-corrected chi connectivity index (χ4v) is 1.92.